The molecule has 0 unspecified atom stereocenters. The molecular weight excluding hydrogens is 180 g/mol. The maximum absolute atomic E-state index is 9.73. The smallest absolute Gasteiger partial charge is 0.106 e. The van der Waals surface area contributed by atoms with Crippen LogP contribution in [0.25, 0.3) is 0 Å². The molecule has 2 N–H and O–H groups in total. The summed E-state index contributed by atoms with van der Waals surface area (Å²) in [7, 11) is 0. The fraction of sp³-hybridized carbons (Fsp3) is 1.00. The molecule has 0 aromatic heterocycles. The van der Waals surface area contributed by atoms with Crippen molar-refractivity contribution in [3.8, 4) is 0 Å². The number of aliphatic hydroxyl groups excluding tert-OH is 2. The van der Waals surface area contributed by atoms with E-state index in [9.17, 15) is 10.2 Å². The molecule has 1 aliphatic rings. The monoisotopic (exact) mass is 202 g/mol. The zero-order chi connectivity index (χ0) is 10.9. The van der Waals surface area contributed by atoms with Crippen LogP contribution in [0.5, 0.6) is 0 Å². The normalized spacial score (nSPS) is 39.4. The third-order valence-electron chi connectivity index (χ3n) is 2.94. The molecule has 1 fully saturated rings. The van der Waals surface area contributed by atoms with Crippen molar-refractivity contribution in [2.75, 3.05) is 0 Å². The molecule has 0 aromatic carbocycles. The maximum Gasteiger partial charge on any atom is 0.106 e. The van der Waals surface area contributed by atoms with Crippen molar-refractivity contribution in [2.24, 2.45) is 11.8 Å². The summed E-state index contributed by atoms with van der Waals surface area (Å²) in [6.45, 7) is 8.16. The van der Waals surface area contributed by atoms with Gasteiger partial charge in [0.2, 0.25) is 0 Å². The minimum atomic E-state index is -0.731. The Bertz CT molecular complexity index is 179. The van der Waals surface area contributed by atoms with Crippen molar-refractivity contribution in [2.45, 2.75) is 58.5 Å². The van der Waals surface area contributed by atoms with Crippen LogP contribution in [0.2, 0.25) is 0 Å². The molecule has 3 heteroatoms. The van der Waals surface area contributed by atoms with Crippen LogP contribution in [-0.4, -0.2) is 34.6 Å². The summed E-state index contributed by atoms with van der Waals surface area (Å²) < 4.78 is 5.78. The van der Waals surface area contributed by atoms with Gasteiger partial charge in [-0.3, -0.25) is 0 Å². The van der Waals surface area contributed by atoms with Gasteiger partial charge in [-0.1, -0.05) is 27.7 Å². The molecule has 0 radical (unpaired) electrons. The van der Waals surface area contributed by atoms with E-state index >= 15 is 0 Å². The van der Waals surface area contributed by atoms with Gasteiger partial charge in [0.1, 0.15) is 6.10 Å². The molecule has 0 spiro atoms. The standard InChI is InChI=1S/C11H22O3/c1-6(2)9-5-8(12)10(13)11(14-9)7(3)4/h6-13H,5H2,1-4H3/t8-,9-,10-,11-/m1/s1. The van der Waals surface area contributed by atoms with Crippen LogP contribution < -0.4 is 0 Å². The summed E-state index contributed by atoms with van der Waals surface area (Å²) in [5.74, 6) is 0.625. The Morgan fingerprint density at radius 1 is 1.07 bits per heavy atom. The first-order chi connectivity index (χ1) is 6.43. The lowest BCUT2D eigenvalue weighted by molar-refractivity contribution is -0.191. The second-order valence-corrected chi connectivity index (χ2v) is 4.92. The molecule has 0 amide bonds. The first-order valence-electron chi connectivity index (χ1n) is 5.45. The number of ether oxygens (including phenoxy) is 1. The molecule has 14 heavy (non-hydrogen) atoms. The van der Waals surface area contributed by atoms with Gasteiger partial charge in [0.05, 0.1) is 18.3 Å². The number of hydrogen-bond donors (Lipinski definition) is 2. The molecule has 0 bridgehead atoms. The molecule has 1 rings (SSSR count). The first-order valence-corrected chi connectivity index (χ1v) is 5.45. The van der Waals surface area contributed by atoms with Gasteiger partial charge in [-0.25, -0.2) is 0 Å². The van der Waals surface area contributed by atoms with Gasteiger partial charge in [0.25, 0.3) is 0 Å². The second kappa shape index (κ2) is 4.60. The molecule has 4 atom stereocenters. The summed E-state index contributed by atoms with van der Waals surface area (Å²) in [4.78, 5) is 0. The Morgan fingerprint density at radius 2 is 1.64 bits per heavy atom. The molecular formula is C11H22O3. The molecule has 3 nitrogen and oxygen atoms in total. The SMILES string of the molecule is CC(C)[C@H]1O[C@@H](C(C)C)C[C@@H](O)[C@H]1O. The van der Waals surface area contributed by atoms with E-state index in [0.29, 0.717) is 12.3 Å². The number of rotatable bonds is 2. The minimum absolute atomic E-state index is 0.0702. The van der Waals surface area contributed by atoms with Crippen molar-refractivity contribution < 1.29 is 14.9 Å². The molecule has 0 aromatic rings. The molecule has 0 aliphatic carbocycles. The summed E-state index contributed by atoms with van der Waals surface area (Å²) in [6, 6.07) is 0. The average Bonchev–Trinajstić information content (AvgIpc) is 2.08. The van der Waals surface area contributed by atoms with Crippen molar-refractivity contribution >= 4 is 0 Å². The van der Waals surface area contributed by atoms with Gasteiger partial charge < -0.3 is 14.9 Å². The lowest BCUT2D eigenvalue weighted by Crippen LogP contribution is -2.51. The van der Waals surface area contributed by atoms with E-state index in [1.54, 1.807) is 0 Å². The van der Waals surface area contributed by atoms with Crippen molar-refractivity contribution in [1.29, 1.82) is 0 Å². The van der Waals surface area contributed by atoms with E-state index in [1.807, 2.05) is 13.8 Å². The largest absolute Gasteiger partial charge is 0.390 e. The Balaban J connectivity index is 2.66. The molecule has 1 saturated heterocycles. The van der Waals surface area contributed by atoms with Crippen molar-refractivity contribution in [1.82, 2.24) is 0 Å². The average molecular weight is 202 g/mol. The first kappa shape index (κ1) is 12.0. The fourth-order valence-electron chi connectivity index (χ4n) is 1.92. The highest BCUT2D eigenvalue weighted by Crippen LogP contribution is 2.28. The third kappa shape index (κ3) is 2.47. The van der Waals surface area contributed by atoms with Gasteiger partial charge in [0, 0.05) is 6.42 Å². The number of hydrogen-bond acceptors (Lipinski definition) is 3. The molecule has 84 valence electrons. The Morgan fingerprint density at radius 3 is 2.07 bits per heavy atom. The van der Waals surface area contributed by atoms with Gasteiger partial charge in [-0.05, 0) is 11.8 Å². The van der Waals surface area contributed by atoms with Crippen LogP contribution in [0.15, 0.2) is 0 Å². The molecule has 1 aliphatic heterocycles. The summed E-state index contributed by atoms with van der Waals surface area (Å²) in [5.41, 5.74) is 0. The lowest BCUT2D eigenvalue weighted by Gasteiger charge is -2.40. The van der Waals surface area contributed by atoms with Crippen molar-refractivity contribution in [3.05, 3.63) is 0 Å². The Labute approximate surface area is 86.1 Å². The number of aliphatic hydroxyl groups is 2. The van der Waals surface area contributed by atoms with Crippen LogP contribution in [-0.2, 0) is 4.74 Å². The highest BCUT2D eigenvalue weighted by Gasteiger charge is 2.38. The van der Waals surface area contributed by atoms with E-state index in [1.165, 1.54) is 0 Å². The van der Waals surface area contributed by atoms with Crippen LogP contribution >= 0.6 is 0 Å². The Hall–Kier alpha value is -0.120. The predicted octanol–water partition coefficient (Wildman–Crippen LogP) is 1.18. The zero-order valence-electron chi connectivity index (χ0n) is 9.47. The second-order valence-electron chi connectivity index (χ2n) is 4.92. The lowest BCUT2D eigenvalue weighted by atomic mass is 9.88. The predicted molar refractivity (Wildman–Crippen MR) is 55.0 cm³/mol. The van der Waals surface area contributed by atoms with E-state index in [-0.39, 0.29) is 18.1 Å². The molecule has 0 saturated carbocycles. The Kier molecular flexibility index (Phi) is 3.93. The van der Waals surface area contributed by atoms with Crippen LogP contribution in [0.1, 0.15) is 34.1 Å². The summed E-state index contributed by atoms with van der Waals surface area (Å²) in [6.07, 6.45) is -0.984. The van der Waals surface area contributed by atoms with Crippen LogP contribution in [0.4, 0.5) is 0 Å². The van der Waals surface area contributed by atoms with Crippen LogP contribution in [0.3, 0.4) is 0 Å². The van der Waals surface area contributed by atoms with E-state index in [0.717, 1.165) is 0 Å². The minimum Gasteiger partial charge on any atom is -0.390 e. The zero-order valence-corrected chi connectivity index (χ0v) is 9.47. The maximum atomic E-state index is 9.73. The van der Waals surface area contributed by atoms with Gasteiger partial charge in [-0.15, -0.1) is 0 Å². The van der Waals surface area contributed by atoms with Gasteiger partial charge in [0.15, 0.2) is 0 Å². The van der Waals surface area contributed by atoms with E-state index < -0.39 is 12.2 Å². The van der Waals surface area contributed by atoms with Gasteiger partial charge in [-0.2, -0.15) is 0 Å². The van der Waals surface area contributed by atoms with Crippen molar-refractivity contribution in [3.63, 3.8) is 0 Å². The quantitative estimate of drug-likeness (QED) is 0.707. The van der Waals surface area contributed by atoms with E-state index in [4.69, 9.17) is 4.74 Å². The van der Waals surface area contributed by atoms with E-state index in [2.05, 4.69) is 13.8 Å². The highest BCUT2D eigenvalue weighted by atomic mass is 16.5. The fourth-order valence-corrected chi connectivity index (χ4v) is 1.92. The summed E-state index contributed by atoms with van der Waals surface area (Å²) in [5, 5.41) is 19.4. The molecule has 1 heterocycles. The summed E-state index contributed by atoms with van der Waals surface area (Å²) >= 11 is 0. The van der Waals surface area contributed by atoms with Gasteiger partial charge >= 0.3 is 0 Å². The highest BCUT2D eigenvalue weighted by molar-refractivity contribution is 4.87. The third-order valence-corrected chi connectivity index (χ3v) is 2.94. The van der Waals surface area contributed by atoms with Crippen LogP contribution in [0, 0.1) is 11.8 Å². The topological polar surface area (TPSA) is 49.7 Å².